The van der Waals surface area contributed by atoms with E-state index >= 15 is 0 Å². The zero-order valence-electron chi connectivity index (χ0n) is 13.6. The largest absolute Gasteiger partial charge is 0.303 e. The van der Waals surface area contributed by atoms with E-state index in [1.807, 2.05) is 24.4 Å². The third kappa shape index (κ3) is 4.37. The molecule has 4 heteroatoms. The van der Waals surface area contributed by atoms with Crippen LogP contribution in [-0.2, 0) is 11.2 Å². The number of aldehydes is 1. The molecule has 1 heterocycles. The van der Waals surface area contributed by atoms with Gasteiger partial charge in [0.05, 0.1) is 15.7 Å². The van der Waals surface area contributed by atoms with E-state index in [9.17, 15) is 4.79 Å². The highest BCUT2D eigenvalue weighted by atomic mass is 35.5. The number of aromatic nitrogens is 1. The van der Waals surface area contributed by atoms with E-state index in [2.05, 4.69) is 11.1 Å². The summed E-state index contributed by atoms with van der Waals surface area (Å²) in [6, 6.07) is 9.75. The molecule has 0 unspecified atom stereocenters. The van der Waals surface area contributed by atoms with Crippen molar-refractivity contribution < 1.29 is 4.79 Å². The summed E-state index contributed by atoms with van der Waals surface area (Å²) in [5.41, 5.74) is 3.14. The van der Waals surface area contributed by atoms with Gasteiger partial charge in [0.2, 0.25) is 0 Å². The highest BCUT2D eigenvalue weighted by Gasteiger charge is 2.20. The van der Waals surface area contributed by atoms with Gasteiger partial charge in [0.1, 0.15) is 6.29 Å². The van der Waals surface area contributed by atoms with E-state index < -0.39 is 0 Å². The summed E-state index contributed by atoms with van der Waals surface area (Å²) in [7, 11) is 0. The minimum absolute atomic E-state index is 0.299. The Labute approximate surface area is 153 Å². The molecule has 1 aliphatic carbocycles. The van der Waals surface area contributed by atoms with Crippen molar-refractivity contribution in [3.63, 3.8) is 0 Å². The Morgan fingerprint density at radius 1 is 1.04 bits per heavy atom. The van der Waals surface area contributed by atoms with Gasteiger partial charge in [-0.2, -0.15) is 0 Å². The van der Waals surface area contributed by atoms with E-state index in [0.717, 1.165) is 42.7 Å². The smallest absolute Gasteiger partial charge is 0.123 e. The average Bonchev–Trinajstić information content (AvgIpc) is 2.63. The van der Waals surface area contributed by atoms with Crippen LogP contribution in [0, 0.1) is 11.8 Å². The highest BCUT2D eigenvalue weighted by Crippen LogP contribution is 2.31. The first-order valence-electron chi connectivity index (χ1n) is 8.51. The fraction of sp³-hybridized carbons (Fsp3) is 0.400. The van der Waals surface area contributed by atoms with Gasteiger partial charge in [-0.25, -0.2) is 0 Å². The Hall–Kier alpha value is -1.38. The predicted molar refractivity (Wildman–Crippen MR) is 99.5 cm³/mol. The van der Waals surface area contributed by atoms with Crippen LogP contribution in [0.15, 0.2) is 36.5 Å². The molecule has 1 aromatic carbocycles. The maximum absolute atomic E-state index is 10.8. The van der Waals surface area contributed by atoms with Crippen LogP contribution in [0.1, 0.15) is 37.7 Å². The number of rotatable bonds is 5. The molecule has 0 saturated heterocycles. The molecule has 0 radical (unpaired) electrons. The second-order valence-corrected chi connectivity index (χ2v) is 7.45. The van der Waals surface area contributed by atoms with Crippen LogP contribution in [0.4, 0.5) is 0 Å². The SMILES string of the molecule is O=CC1CCC(CCc2ccc(-c3ccc(Cl)c(Cl)c3)nc2)CC1. The van der Waals surface area contributed by atoms with Gasteiger partial charge in [0, 0.05) is 17.7 Å². The monoisotopic (exact) mass is 361 g/mol. The van der Waals surface area contributed by atoms with Gasteiger partial charge in [0.25, 0.3) is 0 Å². The van der Waals surface area contributed by atoms with E-state index in [1.54, 1.807) is 6.07 Å². The lowest BCUT2D eigenvalue weighted by Crippen LogP contribution is -2.15. The molecular formula is C20H21Cl2NO. The van der Waals surface area contributed by atoms with Crippen LogP contribution in [0.3, 0.4) is 0 Å². The van der Waals surface area contributed by atoms with E-state index in [4.69, 9.17) is 23.2 Å². The van der Waals surface area contributed by atoms with Crippen LogP contribution in [0.2, 0.25) is 10.0 Å². The number of pyridine rings is 1. The van der Waals surface area contributed by atoms with Crippen LogP contribution in [-0.4, -0.2) is 11.3 Å². The highest BCUT2D eigenvalue weighted by molar-refractivity contribution is 6.42. The molecular weight excluding hydrogens is 341 g/mol. The lowest BCUT2D eigenvalue weighted by molar-refractivity contribution is -0.112. The quantitative estimate of drug-likeness (QED) is 0.611. The Kier molecular flexibility index (Phi) is 5.91. The Morgan fingerprint density at radius 3 is 2.46 bits per heavy atom. The Balaban J connectivity index is 1.57. The first-order chi connectivity index (χ1) is 11.7. The third-order valence-electron chi connectivity index (χ3n) is 4.97. The number of aryl methyl sites for hydroxylation is 1. The number of benzene rings is 1. The number of carbonyl (C=O) groups is 1. The van der Waals surface area contributed by atoms with Crippen LogP contribution < -0.4 is 0 Å². The van der Waals surface area contributed by atoms with Crippen LogP contribution in [0.25, 0.3) is 11.3 Å². The summed E-state index contributed by atoms with van der Waals surface area (Å²) in [6.45, 7) is 0. The summed E-state index contributed by atoms with van der Waals surface area (Å²) in [5.74, 6) is 1.05. The van der Waals surface area contributed by atoms with Crippen molar-refractivity contribution in [1.29, 1.82) is 0 Å². The van der Waals surface area contributed by atoms with Crippen molar-refractivity contribution in [3.8, 4) is 11.3 Å². The van der Waals surface area contributed by atoms with Crippen LogP contribution >= 0.6 is 23.2 Å². The van der Waals surface area contributed by atoms with Crippen molar-refractivity contribution in [2.75, 3.05) is 0 Å². The molecule has 1 saturated carbocycles. The fourth-order valence-corrected chi connectivity index (χ4v) is 3.68. The summed E-state index contributed by atoms with van der Waals surface area (Å²) in [5, 5.41) is 1.10. The molecule has 1 aliphatic rings. The summed E-state index contributed by atoms with van der Waals surface area (Å²) < 4.78 is 0. The van der Waals surface area contributed by atoms with Crippen molar-refractivity contribution in [2.45, 2.75) is 38.5 Å². The standard InChI is InChI=1S/C20H21Cl2NO/c21-18-9-8-17(11-19(18)22)20-10-7-15(12-23-20)4-1-14-2-5-16(13-24)6-3-14/h7-14,16H,1-6H2. The molecule has 2 aromatic rings. The van der Waals surface area contributed by atoms with Crippen LogP contribution in [0.5, 0.6) is 0 Å². The zero-order chi connectivity index (χ0) is 16.9. The lowest BCUT2D eigenvalue weighted by atomic mass is 9.80. The van der Waals surface area contributed by atoms with Crippen molar-refractivity contribution >= 4 is 29.5 Å². The number of hydrogen-bond donors (Lipinski definition) is 0. The van der Waals surface area contributed by atoms with Gasteiger partial charge in [0.15, 0.2) is 0 Å². The fourth-order valence-electron chi connectivity index (χ4n) is 3.38. The van der Waals surface area contributed by atoms with E-state index in [-0.39, 0.29) is 0 Å². The second-order valence-electron chi connectivity index (χ2n) is 6.64. The summed E-state index contributed by atoms with van der Waals surface area (Å²) in [4.78, 5) is 15.4. The molecule has 0 amide bonds. The third-order valence-corrected chi connectivity index (χ3v) is 5.70. The van der Waals surface area contributed by atoms with E-state index in [1.165, 1.54) is 24.8 Å². The molecule has 0 atom stereocenters. The van der Waals surface area contributed by atoms with Gasteiger partial charge < -0.3 is 4.79 Å². The Bertz CT molecular complexity index is 691. The minimum atomic E-state index is 0.299. The van der Waals surface area contributed by atoms with Crippen molar-refractivity contribution in [2.24, 2.45) is 11.8 Å². The molecule has 0 bridgehead atoms. The summed E-state index contributed by atoms with van der Waals surface area (Å²) >= 11 is 12.0. The molecule has 0 N–H and O–H groups in total. The maximum atomic E-state index is 10.8. The number of halogens is 2. The molecule has 2 nitrogen and oxygen atoms in total. The summed E-state index contributed by atoms with van der Waals surface area (Å²) in [6.07, 6.45) is 9.78. The maximum Gasteiger partial charge on any atom is 0.123 e. The number of hydrogen-bond acceptors (Lipinski definition) is 2. The van der Waals surface area contributed by atoms with Crippen molar-refractivity contribution in [3.05, 3.63) is 52.1 Å². The topological polar surface area (TPSA) is 30.0 Å². The van der Waals surface area contributed by atoms with Gasteiger partial charge in [-0.05, 0) is 68.2 Å². The second kappa shape index (κ2) is 8.13. The molecule has 1 aromatic heterocycles. The van der Waals surface area contributed by atoms with Gasteiger partial charge >= 0.3 is 0 Å². The molecule has 0 aliphatic heterocycles. The minimum Gasteiger partial charge on any atom is -0.303 e. The molecule has 3 rings (SSSR count). The first kappa shape index (κ1) is 17.4. The molecule has 126 valence electrons. The Morgan fingerprint density at radius 2 is 1.83 bits per heavy atom. The lowest BCUT2D eigenvalue weighted by Gasteiger charge is -2.25. The van der Waals surface area contributed by atoms with Gasteiger partial charge in [-0.1, -0.05) is 35.3 Å². The predicted octanol–water partition coefficient (Wildman–Crippen LogP) is 5.99. The zero-order valence-corrected chi connectivity index (χ0v) is 15.1. The molecule has 1 fully saturated rings. The van der Waals surface area contributed by atoms with Gasteiger partial charge in [-0.15, -0.1) is 0 Å². The number of carbonyl (C=O) groups excluding carboxylic acids is 1. The first-order valence-corrected chi connectivity index (χ1v) is 9.27. The molecule has 0 spiro atoms. The van der Waals surface area contributed by atoms with Gasteiger partial charge in [-0.3, -0.25) is 4.98 Å². The average molecular weight is 362 g/mol. The normalized spacial score (nSPS) is 20.8. The number of nitrogens with zero attached hydrogens (tertiary/aromatic N) is 1. The van der Waals surface area contributed by atoms with E-state index in [0.29, 0.717) is 16.0 Å². The van der Waals surface area contributed by atoms with Crippen molar-refractivity contribution in [1.82, 2.24) is 4.98 Å². The molecule has 24 heavy (non-hydrogen) atoms.